The highest BCUT2D eigenvalue weighted by atomic mass is 16.2. The SMILES string of the molecule is CCCCC(=O)N1CCN(C(=O)CCc2ccc(C(C)C)cc2)CC1. The fourth-order valence-corrected chi connectivity index (χ4v) is 3.17. The molecule has 0 bridgehead atoms. The van der Waals surface area contributed by atoms with E-state index in [4.69, 9.17) is 0 Å². The molecule has 1 fully saturated rings. The number of nitrogens with zero attached hydrogens (tertiary/aromatic N) is 2. The topological polar surface area (TPSA) is 40.6 Å². The van der Waals surface area contributed by atoms with Gasteiger partial charge in [0.25, 0.3) is 0 Å². The molecular weight excluding hydrogens is 312 g/mol. The van der Waals surface area contributed by atoms with Crippen LogP contribution in [0, 0.1) is 0 Å². The van der Waals surface area contributed by atoms with Crippen molar-refractivity contribution in [3.05, 3.63) is 35.4 Å². The van der Waals surface area contributed by atoms with E-state index in [1.54, 1.807) is 0 Å². The Morgan fingerprint density at radius 3 is 1.92 bits per heavy atom. The molecule has 1 aliphatic heterocycles. The second-order valence-electron chi connectivity index (χ2n) is 7.26. The summed E-state index contributed by atoms with van der Waals surface area (Å²) in [5.41, 5.74) is 2.55. The van der Waals surface area contributed by atoms with Crippen LogP contribution in [0.4, 0.5) is 0 Å². The van der Waals surface area contributed by atoms with Crippen molar-refractivity contribution in [1.29, 1.82) is 0 Å². The highest BCUT2D eigenvalue weighted by Gasteiger charge is 2.23. The molecule has 1 aromatic rings. The van der Waals surface area contributed by atoms with E-state index in [-0.39, 0.29) is 11.8 Å². The van der Waals surface area contributed by atoms with E-state index in [0.29, 0.717) is 44.9 Å². The summed E-state index contributed by atoms with van der Waals surface area (Å²) < 4.78 is 0. The number of amides is 2. The molecule has 0 aliphatic carbocycles. The average Bonchev–Trinajstić information content (AvgIpc) is 2.64. The first kappa shape index (κ1) is 19.5. The number of hydrogen-bond donors (Lipinski definition) is 0. The van der Waals surface area contributed by atoms with Crippen LogP contribution < -0.4 is 0 Å². The van der Waals surface area contributed by atoms with Crippen molar-refractivity contribution in [2.75, 3.05) is 26.2 Å². The van der Waals surface area contributed by atoms with Crippen LogP contribution in [0.5, 0.6) is 0 Å². The molecule has 2 amide bonds. The highest BCUT2D eigenvalue weighted by Crippen LogP contribution is 2.16. The average molecular weight is 344 g/mol. The summed E-state index contributed by atoms with van der Waals surface area (Å²) in [6, 6.07) is 8.58. The van der Waals surface area contributed by atoms with E-state index in [0.717, 1.165) is 19.3 Å². The van der Waals surface area contributed by atoms with Crippen LogP contribution in [0.3, 0.4) is 0 Å². The minimum Gasteiger partial charge on any atom is -0.339 e. The van der Waals surface area contributed by atoms with Gasteiger partial charge in [0.15, 0.2) is 0 Å². The third kappa shape index (κ3) is 5.87. The summed E-state index contributed by atoms with van der Waals surface area (Å²) in [6.45, 7) is 9.16. The number of carbonyl (C=O) groups excluding carboxylic acids is 2. The van der Waals surface area contributed by atoms with Crippen LogP contribution >= 0.6 is 0 Å². The zero-order valence-corrected chi connectivity index (χ0v) is 16.0. The van der Waals surface area contributed by atoms with Gasteiger partial charge in [-0.1, -0.05) is 51.5 Å². The van der Waals surface area contributed by atoms with Crippen molar-refractivity contribution in [3.63, 3.8) is 0 Å². The lowest BCUT2D eigenvalue weighted by Crippen LogP contribution is -2.50. The van der Waals surface area contributed by atoms with Crippen LogP contribution in [0.1, 0.15) is 63.5 Å². The van der Waals surface area contributed by atoms with Gasteiger partial charge in [-0.2, -0.15) is 0 Å². The first-order valence-electron chi connectivity index (χ1n) is 9.65. The standard InChI is InChI=1S/C21H32N2O2/c1-4-5-6-20(24)22-13-15-23(16-14-22)21(25)12-9-18-7-10-19(11-8-18)17(2)3/h7-8,10-11,17H,4-6,9,12-16H2,1-3H3. The molecule has 1 aliphatic rings. The van der Waals surface area contributed by atoms with Crippen LogP contribution in [-0.4, -0.2) is 47.8 Å². The minimum atomic E-state index is 0.202. The predicted octanol–water partition coefficient (Wildman–Crippen LogP) is 3.60. The highest BCUT2D eigenvalue weighted by molar-refractivity contribution is 5.78. The summed E-state index contributed by atoms with van der Waals surface area (Å²) in [5, 5.41) is 0. The molecule has 0 atom stereocenters. The maximum atomic E-state index is 12.4. The second-order valence-corrected chi connectivity index (χ2v) is 7.26. The molecule has 25 heavy (non-hydrogen) atoms. The number of unbranched alkanes of at least 4 members (excludes halogenated alkanes) is 1. The van der Waals surface area contributed by atoms with Crippen LogP contribution in [0.15, 0.2) is 24.3 Å². The third-order valence-electron chi connectivity index (χ3n) is 5.00. The number of piperazine rings is 1. The molecular formula is C21H32N2O2. The van der Waals surface area contributed by atoms with Gasteiger partial charge in [0.05, 0.1) is 0 Å². The molecule has 1 aromatic carbocycles. The van der Waals surface area contributed by atoms with Gasteiger partial charge in [-0.15, -0.1) is 0 Å². The summed E-state index contributed by atoms with van der Waals surface area (Å²) >= 11 is 0. The monoisotopic (exact) mass is 344 g/mol. The Labute approximate surface area is 152 Å². The number of aryl methyl sites for hydroxylation is 1. The molecule has 4 heteroatoms. The molecule has 0 N–H and O–H groups in total. The van der Waals surface area contributed by atoms with E-state index in [1.807, 2.05) is 9.80 Å². The Morgan fingerprint density at radius 2 is 1.44 bits per heavy atom. The van der Waals surface area contributed by atoms with Gasteiger partial charge in [-0.05, 0) is 29.9 Å². The Kier molecular flexibility index (Phi) is 7.48. The van der Waals surface area contributed by atoms with Crippen molar-refractivity contribution >= 4 is 11.8 Å². The smallest absolute Gasteiger partial charge is 0.223 e. The lowest BCUT2D eigenvalue weighted by atomic mass is 10.00. The van der Waals surface area contributed by atoms with E-state index in [2.05, 4.69) is 45.0 Å². The number of benzene rings is 1. The van der Waals surface area contributed by atoms with Gasteiger partial charge in [0, 0.05) is 39.0 Å². The van der Waals surface area contributed by atoms with Gasteiger partial charge in [0.2, 0.25) is 11.8 Å². The molecule has 0 unspecified atom stereocenters. The van der Waals surface area contributed by atoms with Gasteiger partial charge >= 0.3 is 0 Å². The number of carbonyl (C=O) groups is 2. The Morgan fingerprint density at radius 1 is 0.920 bits per heavy atom. The van der Waals surface area contributed by atoms with Gasteiger partial charge < -0.3 is 9.80 Å². The Hall–Kier alpha value is -1.84. The molecule has 2 rings (SSSR count). The zero-order chi connectivity index (χ0) is 18.2. The van der Waals surface area contributed by atoms with E-state index < -0.39 is 0 Å². The molecule has 1 heterocycles. The zero-order valence-electron chi connectivity index (χ0n) is 16.0. The summed E-state index contributed by atoms with van der Waals surface area (Å²) in [4.78, 5) is 28.3. The maximum absolute atomic E-state index is 12.4. The molecule has 0 aromatic heterocycles. The Balaban J connectivity index is 1.74. The molecule has 0 saturated carbocycles. The summed E-state index contributed by atoms with van der Waals surface area (Å²) in [6.07, 6.45) is 3.96. The maximum Gasteiger partial charge on any atom is 0.223 e. The van der Waals surface area contributed by atoms with Crippen molar-refractivity contribution in [1.82, 2.24) is 9.80 Å². The van der Waals surface area contributed by atoms with Crippen molar-refractivity contribution in [2.45, 2.75) is 58.8 Å². The quantitative estimate of drug-likeness (QED) is 0.758. The van der Waals surface area contributed by atoms with Gasteiger partial charge in [-0.3, -0.25) is 9.59 Å². The van der Waals surface area contributed by atoms with E-state index >= 15 is 0 Å². The fourth-order valence-electron chi connectivity index (χ4n) is 3.17. The minimum absolute atomic E-state index is 0.202. The molecule has 0 radical (unpaired) electrons. The van der Waals surface area contributed by atoms with Crippen molar-refractivity contribution < 1.29 is 9.59 Å². The largest absolute Gasteiger partial charge is 0.339 e. The van der Waals surface area contributed by atoms with Crippen LogP contribution in [0.25, 0.3) is 0 Å². The first-order chi connectivity index (χ1) is 12.0. The van der Waals surface area contributed by atoms with Gasteiger partial charge in [0.1, 0.15) is 0 Å². The van der Waals surface area contributed by atoms with Crippen LogP contribution in [0.2, 0.25) is 0 Å². The summed E-state index contributed by atoms with van der Waals surface area (Å²) in [5.74, 6) is 0.972. The normalized spacial score (nSPS) is 14.9. The number of rotatable bonds is 7. The first-order valence-corrected chi connectivity index (χ1v) is 9.65. The van der Waals surface area contributed by atoms with Gasteiger partial charge in [-0.25, -0.2) is 0 Å². The Bertz CT molecular complexity index is 558. The lowest BCUT2D eigenvalue weighted by Gasteiger charge is -2.35. The van der Waals surface area contributed by atoms with E-state index in [1.165, 1.54) is 11.1 Å². The molecule has 1 saturated heterocycles. The lowest BCUT2D eigenvalue weighted by molar-refractivity contribution is -0.139. The third-order valence-corrected chi connectivity index (χ3v) is 5.00. The van der Waals surface area contributed by atoms with Crippen molar-refractivity contribution in [3.8, 4) is 0 Å². The summed E-state index contributed by atoms with van der Waals surface area (Å²) in [7, 11) is 0. The van der Waals surface area contributed by atoms with Crippen LogP contribution in [-0.2, 0) is 16.0 Å². The second kappa shape index (κ2) is 9.59. The fraction of sp³-hybridized carbons (Fsp3) is 0.619. The van der Waals surface area contributed by atoms with Crippen molar-refractivity contribution in [2.24, 2.45) is 0 Å². The number of hydrogen-bond acceptors (Lipinski definition) is 2. The van der Waals surface area contributed by atoms with E-state index in [9.17, 15) is 9.59 Å². The molecule has 4 nitrogen and oxygen atoms in total. The predicted molar refractivity (Wildman–Crippen MR) is 102 cm³/mol. The molecule has 0 spiro atoms. The molecule has 138 valence electrons.